The number of fused-ring (bicyclic) bond motifs is 1. The number of thiazole rings is 1. The van der Waals surface area contributed by atoms with Crippen molar-refractivity contribution in [2.75, 3.05) is 13.2 Å². The van der Waals surface area contributed by atoms with Gasteiger partial charge < -0.3 is 10.1 Å². The minimum Gasteiger partial charge on any atom is -0.491 e. The SMILES string of the molecule is O=C(C=Cc1cscn1)NCCCOc1cccc2cccnc12. The van der Waals surface area contributed by atoms with Crippen molar-refractivity contribution in [3.05, 3.63) is 59.2 Å². The lowest BCUT2D eigenvalue weighted by molar-refractivity contribution is -0.116. The number of nitrogens with one attached hydrogen (secondary N) is 1. The quantitative estimate of drug-likeness (QED) is 0.530. The molecule has 0 saturated heterocycles. The second-order valence-corrected chi connectivity index (χ2v) is 5.79. The van der Waals surface area contributed by atoms with Crippen LogP contribution in [0.4, 0.5) is 0 Å². The van der Waals surface area contributed by atoms with E-state index < -0.39 is 0 Å². The Labute approximate surface area is 144 Å². The maximum Gasteiger partial charge on any atom is 0.244 e. The van der Waals surface area contributed by atoms with Crippen LogP contribution < -0.4 is 10.1 Å². The smallest absolute Gasteiger partial charge is 0.244 e. The fourth-order valence-corrected chi connectivity index (χ4v) is 2.71. The van der Waals surface area contributed by atoms with E-state index in [1.807, 2.05) is 35.7 Å². The maximum atomic E-state index is 11.7. The highest BCUT2D eigenvalue weighted by molar-refractivity contribution is 7.07. The molecule has 0 aliphatic carbocycles. The molecule has 1 N–H and O–H groups in total. The van der Waals surface area contributed by atoms with E-state index in [1.165, 1.54) is 17.4 Å². The Hall–Kier alpha value is -2.73. The first-order chi connectivity index (χ1) is 11.8. The summed E-state index contributed by atoms with van der Waals surface area (Å²) in [5.41, 5.74) is 3.38. The summed E-state index contributed by atoms with van der Waals surface area (Å²) < 4.78 is 5.78. The molecule has 122 valence electrons. The number of carbonyl (C=O) groups excluding carboxylic acids is 1. The minimum absolute atomic E-state index is 0.130. The Morgan fingerprint density at radius 1 is 1.25 bits per heavy atom. The van der Waals surface area contributed by atoms with Gasteiger partial charge in [0, 0.05) is 29.6 Å². The third-order valence-electron chi connectivity index (χ3n) is 3.33. The summed E-state index contributed by atoms with van der Waals surface area (Å²) in [6, 6.07) is 9.77. The van der Waals surface area contributed by atoms with Crippen LogP contribution in [0.25, 0.3) is 17.0 Å². The predicted octanol–water partition coefficient (Wildman–Crippen LogP) is 3.29. The fraction of sp³-hybridized carbons (Fsp3) is 0.167. The Bertz CT molecular complexity index is 826. The number of nitrogens with zero attached hydrogens (tertiary/aromatic N) is 2. The number of amides is 1. The van der Waals surface area contributed by atoms with Crippen LogP contribution in [0.2, 0.25) is 0 Å². The van der Waals surface area contributed by atoms with Crippen LogP contribution >= 0.6 is 11.3 Å². The number of ether oxygens (including phenoxy) is 1. The molecule has 6 heteroatoms. The zero-order valence-corrected chi connectivity index (χ0v) is 13.8. The lowest BCUT2D eigenvalue weighted by atomic mass is 10.2. The van der Waals surface area contributed by atoms with E-state index in [2.05, 4.69) is 15.3 Å². The molecule has 2 aromatic heterocycles. The van der Waals surface area contributed by atoms with Gasteiger partial charge in [0.1, 0.15) is 11.3 Å². The van der Waals surface area contributed by atoms with Gasteiger partial charge in [-0.1, -0.05) is 18.2 Å². The van der Waals surface area contributed by atoms with E-state index in [9.17, 15) is 4.79 Å². The topological polar surface area (TPSA) is 64.1 Å². The standard InChI is InChI=1S/C18H17N3O2S/c22-17(8-7-15-12-24-13-21-15)19-10-3-11-23-16-6-1-4-14-5-2-9-20-18(14)16/h1-2,4-9,12-13H,3,10-11H2,(H,19,22). The molecule has 24 heavy (non-hydrogen) atoms. The van der Waals surface area contributed by atoms with E-state index >= 15 is 0 Å². The molecule has 2 heterocycles. The van der Waals surface area contributed by atoms with Crippen molar-refractivity contribution in [1.29, 1.82) is 0 Å². The molecule has 0 bridgehead atoms. The first-order valence-corrected chi connectivity index (χ1v) is 8.58. The average molecular weight is 339 g/mol. The van der Waals surface area contributed by atoms with Crippen LogP contribution in [0.15, 0.2) is 53.5 Å². The Morgan fingerprint density at radius 2 is 2.17 bits per heavy atom. The highest BCUT2D eigenvalue weighted by Crippen LogP contribution is 2.22. The third-order valence-corrected chi connectivity index (χ3v) is 3.94. The van der Waals surface area contributed by atoms with Crippen LogP contribution in [0, 0.1) is 0 Å². The molecule has 0 aliphatic heterocycles. The van der Waals surface area contributed by atoms with Crippen molar-refractivity contribution in [3.63, 3.8) is 0 Å². The largest absolute Gasteiger partial charge is 0.491 e. The van der Waals surface area contributed by atoms with Gasteiger partial charge in [0.15, 0.2) is 0 Å². The van der Waals surface area contributed by atoms with Crippen molar-refractivity contribution in [3.8, 4) is 5.75 Å². The molecular weight excluding hydrogens is 322 g/mol. The van der Waals surface area contributed by atoms with Crippen LogP contribution in [0.3, 0.4) is 0 Å². The van der Waals surface area contributed by atoms with Crippen molar-refractivity contribution in [2.45, 2.75) is 6.42 Å². The van der Waals surface area contributed by atoms with Gasteiger partial charge in [-0.2, -0.15) is 0 Å². The van der Waals surface area contributed by atoms with Crippen LogP contribution in [-0.4, -0.2) is 29.0 Å². The summed E-state index contributed by atoms with van der Waals surface area (Å²) in [5.74, 6) is 0.637. The molecule has 0 aliphatic rings. The summed E-state index contributed by atoms with van der Waals surface area (Å²) in [7, 11) is 0. The molecule has 0 atom stereocenters. The highest BCUT2D eigenvalue weighted by atomic mass is 32.1. The molecule has 5 nitrogen and oxygen atoms in total. The molecule has 0 spiro atoms. The van der Waals surface area contributed by atoms with Gasteiger partial charge in [-0.25, -0.2) is 4.98 Å². The van der Waals surface area contributed by atoms with Gasteiger partial charge in [0.05, 0.1) is 17.8 Å². The van der Waals surface area contributed by atoms with E-state index in [0.29, 0.717) is 13.2 Å². The number of aromatic nitrogens is 2. The Morgan fingerprint density at radius 3 is 3.04 bits per heavy atom. The summed E-state index contributed by atoms with van der Waals surface area (Å²) in [6.07, 6.45) is 5.66. The van der Waals surface area contributed by atoms with Gasteiger partial charge in [-0.3, -0.25) is 9.78 Å². The number of hydrogen-bond donors (Lipinski definition) is 1. The normalized spacial score (nSPS) is 11.0. The van der Waals surface area contributed by atoms with E-state index in [-0.39, 0.29) is 5.91 Å². The predicted molar refractivity (Wildman–Crippen MR) is 96.0 cm³/mol. The zero-order chi connectivity index (χ0) is 16.6. The number of rotatable bonds is 7. The summed E-state index contributed by atoms with van der Waals surface area (Å²) >= 11 is 1.50. The molecular formula is C18H17N3O2S. The molecule has 0 fully saturated rings. The second-order valence-electron chi connectivity index (χ2n) is 5.07. The van der Waals surface area contributed by atoms with Crippen LogP contribution in [0.1, 0.15) is 12.1 Å². The number of carbonyl (C=O) groups is 1. The van der Waals surface area contributed by atoms with Gasteiger partial charge in [-0.15, -0.1) is 11.3 Å². The van der Waals surface area contributed by atoms with Gasteiger partial charge >= 0.3 is 0 Å². The first kappa shape index (κ1) is 16.1. The average Bonchev–Trinajstić information content (AvgIpc) is 3.13. The highest BCUT2D eigenvalue weighted by Gasteiger charge is 2.02. The maximum absolute atomic E-state index is 11.7. The van der Waals surface area contributed by atoms with Crippen molar-refractivity contribution in [1.82, 2.24) is 15.3 Å². The van der Waals surface area contributed by atoms with Crippen LogP contribution in [0.5, 0.6) is 5.75 Å². The fourth-order valence-electron chi connectivity index (χ4n) is 2.18. The molecule has 0 radical (unpaired) electrons. The second kappa shape index (κ2) is 8.21. The van der Waals surface area contributed by atoms with Crippen molar-refractivity contribution < 1.29 is 9.53 Å². The molecule has 1 amide bonds. The lowest BCUT2D eigenvalue weighted by Gasteiger charge is -2.08. The monoisotopic (exact) mass is 339 g/mol. The molecule has 3 aromatic rings. The van der Waals surface area contributed by atoms with Crippen molar-refractivity contribution >= 4 is 34.2 Å². The molecule has 0 saturated carbocycles. The Kier molecular flexibility index (Phi) is 5.52. The van der Waals surface area contributed by atoms with Gasteiger partial charge in [-0.05, 0) is 24.6 Å². The summed E-state index contributed by atoms with van der Waals surface area (Å²) in [4.78, 5) is 20.1. The van der Waals surface area contributed by atoms with E-state index in [4.69, 9.17) is 4.74 Å². The van der Waals surface area contributed by atoms with E-state index in [1.54, 1.807) is 17.8 Å². The van der Waals surface area contributed by atoms with Crippen molar-refractivity contribution in [2.24, 2.45) is 0 Å². The number of para-hydroxylation sites is 1. The summed E-state index contributed by atoms with van der Waals surface area (Å²) in [5, 5.41) is 5.76. The first-order valence-electron chi connectivity index (χ1n) is 7.63. The van der Waals surface area contributed by atoms with Gasteiger partial charge in [0.25, 0.3) is 0 Å². The molecule has 3 rings (SSSR count). The van der Waals surface area contributed by atoms with Crippen LogP contribution in [-0.2, 0) is 4.79 Å². The number of pyridine rings is 1. The molecule has 0 unspecified atom stereocenters. The van der Waals surface area contributed by atoms with E-state index in [0.717, 1.165) is 28.8 Å². The third kappa shape index (κ3) is 4.39. The lowest BCUT2D eigenvalue weighted by Crippen LogP contribution is -2.23. The zero-order valence-electron chi connectivity index (χ0n) is 13.0. The Balaban J connectivity index is 1.41. The summed E-state index contributed by atoms with van der Waals surface area (Å²) in [6.45, 7) is 1.07. The number of hydrogen-bond acceptors (Lipinski definition) is 5. The van der Waals surface area contributed by atoms with Gasteiger partial charge in [0.2, 0.25) is 5.91 Å². The molecule has 1 aromatic carbocycles. The number of benzene rings is 1. The minimum atomic E-state index is -0.130.